The van der Waals surface area contributed by atoms with Gasteiger partial charge in [-0.1, -0.05) is 24.3 Å². The summed E-state index contributed by atoms with van der Waals surface area (Å²) in [4.78, 5) is 4.62. The zero-order valence-electron chi connectivity index (χ0n) is 20.0. The Hall–Kier alpha value is -3.41. The van der Waals surface area contributed by atoms with Gasteiger partial charge in [0.1, 0.15) is 5.52 Å². The molecule has 34 heavy (non-hydrogen) atoms. The Morgan fingerprint density at radius 2 is 1.59 bits per heavy atom. The van der Waals surface area contributed by atoms with Crippen LogP contribution < -0.4 is 4.57 Å². The summed E-state index contributed by atoms with van der Waals surface area (Å²) in [7, 11) is 1.96. The van der Waals surface area contributed by atoms with Crippen LogP contribution >= 0.6 is 0 Å². The molecule has 0 spiro atoms. The number of fused-ring (bicyclic) bond motifs is 6. The van der Waals surface area contributed by atoms with Crippen molar-refractivity contribution in [2.24, 2.45) is 7.05 Å². The van der Waals surface area contributed by atoms with Gasteiger partial charge in [0, 0.05) is 16.2 Å². The van der Waals surface area contributed by atoms with E-state index in [1.54, 1.807) is 12.4 Å². The van der Waals surface area contributed by atoms with Crippen LogP contribution in [-0.4, -0.2) is 15.6 Å². The van der Waals surface area contributed by atoms with E-state index in [1.807, 2.05) is 35.9 Å². The molecule has 3 aromatic heterocycles. The molecule has 0 saturated heterocycles. The summed E-state index contributed by atoms with van der Waals surface area (Å²) in [5.74, 6) is 0. The molecule has 3 nitrogen and oxygen atoms in total. The van der Waals surface area contributed by atoms with Crippen LogP contribution in [0.4, 0.5) is 13.2 Å². The Morgan fingerprint density at radius 3 is 2.29 bits per heavy atom. The number of hydrogen-bond donors (Lipinski definition) is 0. The zero-order valence-corrected chi connectivity index (χ0v) is 20.0. The van der Waals surface area contributed by atoms with Gasteiger partial charge in [-0.25, -0.2) is 4.57 Å². The molecule has 6 rings (SSSR count). The van der Waals surface area contributed by atoms with E-state index in [4.69, 9.17) is 0 Å². The first kappa shape index (κ1) is 21.1. The first-order valence-corrected chi connectivity index (χ1v) is 11.4. The normalized spacial score (nSPS) is 13.4. The Kier molecular flexibility index (Phi) is 3.97. The van der Waals surface area contributed by atoms with Crippen LogP contribution in [0.5, 0.6) is 0 Å². The summed E-state index contributed by atoms with van der Waals surface area (Å²) in [5.41, 5.74) is 6.00. The Bertz CT molecular complexity index is 1810. The van der Waals surface area contributed by atoms with E-state index in [2.05, 4.69) is 36.2 Å². The summed E-state index contributed by atoms with van der Waals surface area (Å²) in [6.45, 7) is 8.84. The van der Waals surface area contributed by atoms with Crippen LogP contribution in [0.15, 0.2) is 42.7 Å². The molecule has 0 unspecified atom stereocenters. The summed E-state index contributed by atoms with van der Waals surface area (Å²) in [5, 5.41) is 3.50. The molecule has 3 aromatic carbocycles. The minimum Gasteiger partial charge on any atom is -0.307 e. The largest absolute Gasteiger partial charge is 0.397 e. The quantitative estimate of drug-likeness (QED) is 0.147. The second-order valence-electron chi connectivity index (χ2n) is 10.1. The summed E-state index contributed by atoms with van der Waals surface area (Å²) in [6.07, 6.45) is -2.70. The molecule has 0 N–H and O–H groups in total. The number of rotatable bonds is 1. The van der Waals surface area contributed by atoms with E-state index in [0.717, 1.165) is 43.8 Å². The maximum absolute atomic E-state index is 14.4. The van der Waals surface area contributed by atoms with Gasteiger partial charge in [0.05, 0.1) is 34.4 Å². The SMILES string of the molecule is Cc1cc(C)c2c(c1C)c1c3c(cc(C(C)(C)C(F)(F)F)c4c5ccccc5n2c43)nc[n+]1C. The maximum atomic E-state index is 14.4. The monoisotopic (exact) mass is 460 g/mol. The fraction of sp³-hybridized carbons (Fsp3) is 0.286. The van der Waals surface area contributed by atoms with Gasteiger partial charge in [-0.2, -0.15) is 13.2 Å². The van der Waals surface area contributed by atoms with Gasteiger partial charge in [0.15, 0.2) is 5.52 Å². The first-order chi connectivity index (χ1) is 15.9. The molecule has 0 atom stereocenters. The third-order valence-electron chi connectivity index (χ3n) is 7.73. The molecule has 0 amide bonds. The summed E-state index contributed by atoms with van der Waals surface area (Å²) >= 11 is 0. The Labute approximate surface area is 194 Å². The van der Waals surface area contributed by atoms with Crippen molar-refractivity contribution in [3.63, 3.8) is 0 Å². The highest BCUT2D eigenvalue weighted by Crippen LogP contribution is 2.49. The number of aromatic nitrogens is 3. The van der Waals surface area contributed by atoms with Gasteiger partial charge < -0.3 is 4.40 Å². The number of alkyl halides is 3. The molecule has 0 aliphatic carbocycles. The van der Waals surface area contributed by atoms with E-state index in [1.165, 1.54) is 25.0 Å². The Balaban J connectivity index is 2.08. The van der Waals surface area contributed by atoms with Crippen molar-refractivity contribution in [2.45, 2.75) is 46.2 Å². The van der Waals surface area contributed by atoms with Crippen molar-refractivity contribution in [1.82, 2.24) is 9.38 Å². The molecule has 0 fully saturated rings. The Morgan fingerprint density at radius 1 is 0.882 bits per heavy atom. The molecule has 0 aliphatic heterocycles. The number of benzene rings is 3. The first-order valence-electron chi connectivity index (χ1n) is 11.4. The van der Waals surface area contributed by atoms with E-state index in [9.17, 15) is 13.2 Å². The average Bonchev–Trinajstić information content (AvgIpc) is 3.11. The second-order valence-corrected chi connectivity index (χ2v) is 10.1. The topological polar surface area (TPSA) is 21.2 Å². The lowest BCUT2D eigenvalue weighted by molar-refractivity contribution is -0.646. The van der Waals surface area contributed by atoms with Crippen molar-refractivity contribution >= 4 is 49.1 Å². The standard InChI is InChI=1S/C28H25F3N3/c1-14-11-15(2)24-21(16(14)3)25-23-19(32-13-33(25)6)12-18(27(4,5)28(29,30)31)22-17-9-7-8-10-20(17)34(24)26(22)23/h7-13H,1-6H3/q+1. The molecule has 0 bridgehead atoms. The zero-order chi connectivity index (χ0) is 24.3. The summed E-state index contributed by atoms with van der Waals surface area (Å²) in [6, 6.07) is 11.6. The van der Waals surface area contributed by atoms with Gasteiger partial charge >= 0.3 is 6.18 Å². The highest BCUT2D eigenvalue weighted by atomic mass is 19.4. The lowest BCUT2D eigenvalue weighted by Crippen LogP contribution is -2.36. The van der Waals surface area contributed by atoms with Crippen molar-refractivity contribution in [3.05, 3.63) is 65.0 Å². The molecular formula is C28H25F3N3+. The van der Waals surface area contributed by atoms with E-state index in [0.29, 0.717) is 10.9 Å². The molecule has 0 radical (unpaired) electrons. The van der Waals surface area contributed by atoms with Gasteiger partial charge in [-0.15, -0.1) is 0 Å². The number of para-hydroxylation sites is 1. The molecule has 0 saturated carbocycles. The van der Waals surface area contributed by atoms with Crippen molar-refractivity contribution < 1.29 is 17.7 Å². The number of hydrogen-bond acceptors (Lipinski definition) is 1. The fourth-order valence-corrected chi connectivity index (χ4v) is 5.70. The van der Waals surface area contributed by atoms with Gasteiger partial charge in [0.25, 0.3) is 6.33 Å². The van der Waals surface area contributed by atoms with Crippen LogP contribution in [0.3, 0.4) is 0 Å². The van der Waals surface area contributed by atoms with Crippen molar-refractivity contribution in [1.29, 1.82) is 0 Å². The molecule has 3 heterocycles. The second kappa shape index (κ2) is 6.38. The molecule has 172 valence electrons. The third-order valence-corrected chi connectivity index (χ3v) is 7.73. The number of pyridine rings is 1. The minimum atomic E-state index is -4.41. The van der Waals surface area contributed by atoms with E-state index < -0.39 is 11.6 Å². The van der Waals surface area contributed by atoms with E-state index >= 15 is 0 Å². The highest BCUT2D eigenvalue weighted by molar-refractivity contribution is 6.28. The lowest BCUT2D eigenvalue weighted by atomic mass is 9.80. The maximum Gasteiger partial charge on any atom is 0.397 e. The summed E-state index contributed by atoms with van der Waals surface area (Å²) < 4.78 is 47.3. The average molecular weight is 461 g/mol. The number of halogens is 3. The molecule has 0 aliphatic rings. The molecule has 6 aromatic rings. The predicted molar refractivity (Wildman–Crippen MR) is 131 cm³/mol. The lowest BCUT2D eigenvalue weighted by Gasteiger charge is -2.29. The third kappa shape index (κ3) is 2.38. The number of nitrogens with zero attached hydrogens (tertiary/aromatic N) is 3. The van der Waals surface area contributed by atoms with Crippen molar-refractivity contribution in [2.75, 3.05) is 0 Å². The van der Waals surface area contributed by atoms with Crippen LogP contribution in [-0.2, 0) is 12.5 Å². The van der Waals surface area contributed by atoms with E-state index in [-0.39, 0.29) is 5.56 Å². The van der Waals surface area contributed by atoms with Crippen LogP contribution in [0.25, 0.3) is 49.1 Å². The fourth-order valence-electron chi connectivity index (χ4n) is 5.70. The number of aryl methyl sites for hydroxylation is 4. The predicted octanol–water partition coefficient (Wildman–Crippen LogP) is 6.97. The van der Waals surface area contributed by atoms with Crippen LogP contribution in [0.1, 0.15) is 36.1 Å². The van der Waals surface area contributed by atoms with Gasteiger partial charge in [0.2, 0.25) is 0 Å². The smallest absolute Gasteiger partial charge is 0.307 e. The van der Waals surface area contributed by atoms with Crippen LogP contribution in [0, 0.1) is 20.8 Å². The van der Waals surface area contributed by atoms with Gasteiger partial charge in [-0.3, -0.25) is 0 Å². The molecule has 6 heteroatoms. The van der Waals surface area contributed by atoms with Crippen LogP contribution in [0.2, 0.25) is 0 Å². The highest BCUT2D eigenvalue weighted by Gasteiger charge is 2.50. The minimum absolute atomic E-state index is 0.259. The molecular weight excluding hydrogens is 435 g/mol. The van der Waals surface area contributed by atoms with Gasteiger partial charge in [-0.05, 0) is 74.0 Å². The van der Waals surface area contributed by atoms with Crippen molar-refractivity contribution in [3.8, 4) is 0 Å².